The van der Waals surface area contributed by atoms with Crippen LogP contribution in [0.15, 0.2) is 0 Å². The van der Waals surface area contributed by atoms with Crippen LogP contribution in [0.25, 0.3) is 0 Å². The molecule has 2 fully saturated rings. The van der Waals surface area contributed by atoms with Crippen molar-refractivity contribution in [3.8, 4) is 0 Å². The molecule has 6 nitrogen and oxygen atoms in total. The molecular formula is C17H32N4O2. The average Bonchev–Trinajstić information content (AvgIpc) is 2.53. The molecule has 3 amide bonds. The van der Waals surface area contributed by atoms with E-state index in [-0.39, 0.29) is 11.9 Å². The van der Waals surface area contributed by atoms with Gasteiger partial charge in [-0.2, -0.15) is 0 Å². The van der Waals surface area contributed by atoms with E-state index >= 15 is 0 Å². The number of carbonyl (C=O) groups excluding carboxylic acids is 2. The number of urea groups is 1. The third kappa shape index (κ3) is 6.01. The van der Waals surface area contributed by atoms with Crippen LogP contribution in [0.4, 0.5) is 4.79 Å². The summed E-state index contributed by atoms with van der Waals surface area (Å²) in [6.45, 7) is 9.08. The predicted molar refractivity (Wildman–Crippen MR) is 91.2 cm³/mol. The molecule has 0 spiro atoms. The van der Waals surface area contributed by atoms with E-state index in [1.54, 1.807) is 0 Å². The molecule has 6 heteroatoms. The summed E-state index contributed by atoms with van der Waals surface area (Å²) in [6, 6.07) is 0.0564. The van der Waals surface area contributed by atoms with Crippen LogP contribution in [-0.2, 0) is 4.79 Å². The molecule has 2 rings (SSSR count). The van der Waals surface area contributed by atoms with Gasteiger partial charge in [-0.15, -0.1) is 0 Å². The molecule has 0 aromatic carbocycles. The Labute approximate surface area is 140 Å². The van der Waals surface area contributed by atoms with E-state index in [4.69, 9.17) is 0 Å². The normalized spacial score (nSPS) is 25.9. The summed E-state index contributed by atoms with van der Waals surface area (Å²) in [7, 11) is 0. The van der Waals surface area contributed by atoms with Gasteiger partial charge in [0.05, 0.1) is 6.54 Å². The summed E-state index contributed by atoms with van der Waals surface area (Å²) in [5.74, 6) is 1.50. The maximum atomic E-state index is 12.3. The van der Waals surface area contributed by atoms with Crippen LogP contribution in [-0.4, -0.2) is 67.6 Å². The van der Waals surface area contributed by atoms with Crippen LogP contribution in [0.3, 0.4) is 0 Å². The molecule has 1 aliphatic carbocycles. The predicted octanol–water partition coefficient (Wildman–Crippen LogP) is 1.28. The van der Waals surface area contributed by atoms with Crippen LogP contribution in [0.5, 0.6) is 0 Å². The van der Waals surface area contributed by atoms with Gasteiger partial charge in [-0.3, -0.25) is 9.69 Å². The first-order valence-corrected chi connectivity index (χ1v) is 9.10. The minimum Gasteiger partial charge on any atom is -0.355 e. The number of piperazine rings is 1. The van der Waals surface area contributed by atoms with Gasteiger partial charge in [-0.25, -0.2) is 4.79 Å². The van der Waals surface area contributed by atoms with Gasteiger partial charge in [-0.05, 0) is 31.6 Å². The smallest absolute Gasteiger partial charge is 0.317 e. The summed E-state index contributed by atoms with van der Waals surface area (Å²) in [5.41, 5.74) is 0. The van der Waals surface area contributed by atoms with Gasteiger partial charge in [0.25, 0.3) is 0 Å². The van der Waals surface area contributed by atoms with Crippen molar-refractivity contribution in [1.82, 2.24) is 20.4 Å². The standard InChI is InChI=1S/C17H32N4O2/c1-3-18-16(22)13-20-7-9-21(10-8-20)17(23)19-12-15-6-4-5-14(2)11-15/h14-15H,3-13H2,1-2H3,(H,18,22)(H,19,23). The highest BCUT2D eigenvalue weighted by Crippen LogP contribution is 2.27. The Morgan fingerprint density at radius 2 is 1.83 bits per heavy atom. The van der Waals surface area contributed by atoms with Crippen molar-refractivity contribution in [3.63, 3.8) is 0 Å². The fourth-order valence-corrected chi connectivity index (χ4v) is 3.65. The summed E-state index contributed by atoms with van der Waals surface area (Å²) < 4.78 is 0. The van der Waals surface area contributed by atoms with Gasteiger partial charge in [-0.1, -0.05) is 19.8 Å². The first kappa shape index (κ1) is 18.0. The van der Waals surface area contributed by atoms with Gasteiger partial charge < -0.3 is 15.5 Å². The molecule has 1 saturated heterocycles. The molecular weight excluding hydrogens is 292 g/mol. The van der Waals surface area contributed by atoms with Crippen molar-refractivity contribution in [2.75, 3.05) is 45.8 Å². The van der Waals surface area contributed by atoms with E-state index in [9.17, 15) is 9.59 Å². The zero-order valence-corrected chi connectivity index (χ0v) is 14.6. The van der Waals surface area contributed by atoms with Crippen molar-refractivity contribution < 1.29 is 9.59 Å². The first-order valence-electron chi connectivity index (χ1n) is 9.10. The van der Waals surface area contributed by atoms with Gasteiger partial charge in [0, 0.05) is 39.3 Å². The number of rotatable bonds is 5. The van der Waals surface area contributed by atoms with Crippen molar-refractivity contribution in [3.05, 3.63) is 0 Å². The van der Waals surface area contributed by atoms with Gasteiger partial charge >= 0.3 is 6.03 Å². The Morgan fingerprint density at radius 1 is 1.09 bits per heavy atom. The Hall–Kier alpha value is -1.30. The summed E-state index contributed by atoms with van der Waals surface area (Å²) in [4.78, 5) is 27.8. The molecule has 0 radical (unpaired) electrons. The number of hydrogen-bond donors (Lipinski definition) is 2. The fourth-order valence-electron chi connectivity index (χ4n) is 3.65. The first-order chi connectivity index (χ1) is 11.1. The van der Waals surface area contributed by atoms with E-state index < -0.39 is 0 Å². The highest BCUT2D eigenvalue weighted by atomic mass is 16.2. The van der Waals surface area contributed by atoms with Crippen molar-refractivity contribution >= 4 is 11.9 Å². The number of carbonyl (C=O) groups is 2. The molecule has 2 N–H and O–H groups in total. The lowest BCUT2D eigenvalue weighted by atomic mass is 9.82. The van der Waals surface area contributed by atoms with E-state index in [1.807, 2.05) is 11.8 Å². The average molecular weight is 324 g/mol. The second-order valence-corrected chi connectivity index (χ2v) is 7.04. The maximum Gasteiger partial charge on any atom is 0.317 e. The Balaban J connectivity index is 1.64. The van der Waals surface area contributed by atoms with E-state index in [1.165, 1.54) is 25.7 Å². The van der Waals surface area contributed by atoms with Crippen LogP contribution in [0, 0.1) is 11.8 Å². The largest absolute Gasteiger partial charge is 0.355 e. The lowest BCUT2D eigenvalue weighted by Gasteiger charge is -2.35. The fraction of sp³-hybridized carbons (Fsp3) is 0.882. The summed E-state index contributed by atoms with van der Waals surface area (Å²) >= 11 is 0. The molecule has 23 heavy (non-hydrogen) atoms. The van der Waals surface area contributed by atoms with Crippen LogP contribution >= 0.6 is 0 Å². The second-order valence-electron chi connectivity index (χ2n) is 7.04. The van der Waals surface area contributed by atoms with Gasteiger partial charge in [0.1, 0.15) is 0 Å². The number of likely N-dealkylation sites (N-methyl/N-ethyl adjacent to an activating group) is 1. The van der Waals surface area contributed by atoms with Gasteiger partial charge in [0.15, 0.2) is 0 Å². The molecule has 1 heterocycles. The molecule has 0 aromatic rings. The molecule has 2 aliphatic rings. The van der Waals surface area contributed by atoms with Crippen molar-refractivity contribution in [2.24, 2.45) is 11.8 Å². The molecule has 2 atom stereocenters. The van der Waals surface area contributed by atoms with E-state index in [2.05, 4.69) is 22.5 Å². The van der Waals surface area contributed by atoms with Crippen molar-refractivity contribution in [1.29, 1.82) is 0 Å². The molecule has 0 bridgehead atoms. The maximum absolute atomic E-state index is 12.3. The third-order valence-electron chi connectivity index (χ3n) is 4.99. The monoisotopic (exact) mass is 324 g/mol. The van der Waals surface area contributed by atoms with Crippen molar-refractivity contribution in [2.45, 2.75) is 39.5 Å². The molecule has 0 aromatic heterocycles. The SMILES string of the molecule is CCNC(=O)CN1CCN(C(=O)NCC2CCCC(C)C2)CC1. The van der Waals surface area contributed by atoms with E-state index in [0.29, 0.717) is 32.1 Å². The Bertz CT molecular complexity index is 394. The quantitative estimate of drug-likeness (QED) is 0.800. The number of nitrogens with one attached hydrogen (secondary N) is 2. The number of amides is 3. The summed E-state index contributed by atoms with van der Waals surface area (Å²) in [5, 5.41) is 5.92. The third-order valence-corrected chi connectivity index (χ3v) is 4.99. The minimum absolute atomic E-state index is 0.0564. The molecule has 1 aliphatic heterocycles. The number of hydrogen-bond acceptors (Lipinski definition) is 3. The number of nitrogens with zero attached hydrogens (tertiary/aromatic N) is 2. The zero-order chi connectivity index (χ0) is 16.7. The van der Waals surface area contributed by atoms with E-state index in [0.717, 1.165) is 25.6 Å². The van der Waals surface area contributed by atoms with Gasteiger partial charge in [0.2, 0.25) is 5.91 Å². The second kappa shape index (κ2) is 9.11. The van der Waals surface area contributed by atoms with Crippen LogP contribution in [0.2, 0.25) is 0 Å². The highest BCUT2D eigenvalue weighted by molar-refractivity contribution is 5.78. The lowest BCUT2D eigenvalue weighted by molar-refractivity contribution is -0.122. The molecule has 1 saturated carbocycles. The Kier molecular flexibility index (Phi) is 7.15. The summed E-state index contributed by atoms with van der Waals surface area (Å²) in [6.07, 6.45) is 5.10. The highest BCUT2D eigenvalue weighted by Gasteiger charge is 2.24. The topological polar surface area (TPSA) is 64.7 Å². The van der Waals surface area contributed by atoms with Crippen LogP contribution < -0.4 is 10.6 Å². The zero-order valence-electron chi connectivity index (χ0n) is 14.6. The Morgan fingerprint density at radius 3 is 2.48 bits per heavy atom. The molecule has 132 valence electrons. The van der Waals surface area contributed by atoms with Crippen LogP contribution in [0.1, 0.15) is 39.5 Å². The molecule has 2 unspecified atom stereocenters. The minimum atomic E-state index is 0.0564. The lowest BCUT2D eigenvalue weighted by Crippen LogP contribution is -2.53.